The number of nitrogens with zero attached hydrogens (tertiary/aromatic N) is 2. The highest BCUT2D eigenvalue weighted by molar-refractivity contribution is 5.93. The minimum atomic E-state index is 0.775. The van der Waals surface area contributed by atoms with Crippen LogP contribution in [0.1, 0.15) is 6.92 Å². The molecule has 0 bridgehead atoms. The molecule has 0 aromatic heterocycles. The number of aliphatic imine (C=N–C) groups is 1. The predicted octanol–water partition coefficient (Wildman–Crippen LogP) is 2.18. The van der Waals surface area contributed by atoms with Crippen molar-refractivity contribution in [2.45, 2.75) is 6.92 Å². The van der Waals surface area contributed by atoms with Gasteiger partial charge in [0.25, 0.3) is 0 Å². The lowest BCUT2D eigenvalue weighted by Crippen LogP contribution is -2.22. The Kier molecular flexibility index (Phi) is 4.82. The molecule has 11 heavy (non-hydrogen) atoms. The number of hydrogen-bond donors (Lipinski definition) is 0. The Morgan fingerprint density at radius 2 is 2.09 bits per heavy atom. The summed E-state index contributed by atoms with van der Waals surface area (Å²) in [4.78, 5) is 5.89. The molecule has 0 aliphatic carbocycles. The molecule has 0 rings (SSSR count). The van der Waals surface area contributed by atoms with E-state index in [1.54, 1.807) is 12.3 Å². The minimum Gasteiger partial charge on any atom is -0.334 e. The molecule has 0 amide bonds. The second-order valence-corrected chi connectivity index (χ2v) is 1.84. The molecule has 2 nitrogen and oxygen atoms in total. The molecule has 0 aliphatic heterocycles. The maximum Gasteiger partial charge on any atom is 0.131 e. The zero-order valence-electron chi connectivity index (χ0n) is 6.95. The summed E-state index contributed by atoms with van der Waals surface area (Å²) in [6.45, 7) is 13.6. The molecule has 0 saturated heterocycles. The number of amidine groups is 1. The summed E-state index contributed by atoms with van der Waals surface area (Å²) in [5, 5.41) is 0. The first-order valence-corrected chi connectivity index (χ1v) is 3.50. The molecule has 0 aliphatic rings. The Hall–Kier alpha value is -1.31. The second kappa shape index (κ2) is 5.47. The van der Waals surface area contributed by atoms with E-state index in [2.05, 4.69) is 24.7 Å². The molecule has 60 valence electrons. The zero-order valence-corrected chi connectivity index (χ0v) is 6.95. The van der Waals surface area contributed by atoms with Crippen LogP contribution in [0.25, 0.3) is 0 Å². The summed E-state index contributed by atoms with van der Waals surface area (Å²) < 4.78 is 0. The van der Waals surface area contributed by atoms with Crippen molar-refractivity contribution in [1.29, 1.82) is 0 Å². The first-order chi connectivity index (χ1) is 5.29. The van der Waals surface area contributed by atoms with Crippen molar-refractivity contribution < 1.29 is 0 Å². The summed E-state index contributed by atoms with van der Waals surface area (Å²) >= 11 is 0. The quantitative estimate of drug-likeness (QED) is 0.443. The fourth-order valence-corrected chi connectivity index (χ4v) is 0.722. The van der Waals surface area contributed by atoms with Crippen LogP contribution >= 0.6 is 0 Å². The van der Waals surface area contributed by atoms with Crippen LogP contribution in [0.2, 0.25) is 0 Å². The van der Waals surface area contributed by atoms with E-state index in [0.29, 0.717) is 0 Å². The second-order valence-electron chi connectivity index (χ2n) is 1.84. The number of hydrogen-bond acceptors (Lipinski definition) is 1. The summed E-state index contributed by atoms with van der Waals surface area (Å²) in [5.41, 5.74) is 0. The van der Waals surface area contributed by atoms with E-state index in [-0.39, 0.29) is 0 Å². The van der Waals surface area contributed by atoms with Crippen LogP contribution in [0.4, 0.5) is 0 Å². The van der Waals surface area contributed by atoms with Crippen LogP contribution in [-0.2, 0) is 0 Å². The lowest BCUT2D eigenvalue weighted by molar-refractivity contribution is 0.595. The predicted molar refractivity (Wildman–Crippen MR) is 50.4 cm³/mol. The smallest absolute Gasteiger partial charge is 0.131 e. The topological polar surface area (TPSA) is 15.6 Å². The van der Waals surface area contributed by atoms with Crippen molar-refractivity contribution in [3.63, 3.8) is 0 Å². The first kappa shape index (κ1) is 9.69. The zero-order chi connectivity index (χ0) is 8.69. The average Bonchev–Trinajstić information content (AvgIpc) is 2.05. The normalized spacial score (nSPS) is 10.5. The van der Waals surface area contributed by atoms with Crippen LogP contribution in [0.3, 0.4) is 0 Å². The molecule has 0 atom stereocenters. The third-order valence-electron chi connectivity index (χ3n) is 1.26. The molecular formula is C9H14N2. The van der Waals surface area contributed by atoms with Gasteiger partial charge in [-0.15, -0.1) is 0 Å². The average molecular weight is 150 g/mol. The Morgan fingerprint density at radius 1 is 1.45 bits per heavy atom. The van der Waals surface area contributed by atoms with Crippen molar-refractivity contribution in [1.82, 2.24) is 4.90 Å². The maximum atomic E-state index is 4.00. The molecule has 2 heteroatoms. The van der Waals surface area contributed by atoms with Crippen LogP contribution in [0.15, 0.2) is 43.2 Å². The molecule has 0 spiro atoms. The first-order valence-electron chi connectivity index (χ1n) is 3.50. The fourth-order valence-electron chi connectivity index (χ4n) is 0.722. The van der Waals surface area contributed by atoms with Gasteiger partial charge < -0.3 is 4.90 Å². The lowest BCUT2D eigenvalue weighted by atomic mass is 10.4. The van der Waals surface area contributed by atoms with Gasteiger partial charge >= 0.3 is 0 Å². The van der Waals surface area contributed by atoms with Gasteiger partial charge in [-0.3, -0.25) is 0 Å². The summed E-state index contributed by atoms with van der Waals surface area (Å²) in [5.74, 6) is 0.775. The Morgan fingerprint density at radius 3 is 2.36 bits per heavy atom. The van der Waals surface area contributed by atoms with Gasteiger partial charge in [-0.25, -0.2) is 4.99 Å². The van der Waals surface area contributed by atoms with Gasteiger partial charge in [-0.05, 0) is 19.2 Å². The highest BCUT2D eigenvalue weighted by atomic mass is 15.2. The number of likely N-dealkylation sites (N-methyl/N-ethyl adjacent to an activating group) is 1. The minimum absolute atomic E-state index is 0.775. The van der Waals surface area contributed by atoms with Crippen molar-refractivity contribution >= 4 is 5.84 Å². The van der Waals surface area contributed by atoms with E-state index >= 15 is 0 Å². The number of rotatable bonds is 4. The SMILES string of the molecule is C=C/N=C(/C=C)N(C=C)CC. The standard InChI is InChI=1S/C9H14N2/c1-5-9(10-6-2)11(7-3)8-4/h5-7H,1-3,8H2,4H3/b10-9-. The lowest BCUT2D eigenvalue weighted by Gasteiger charge is -2.16. The van der Waals surface area contributed by atoms with E-state index in [1.165, 1.54) is 6.20 Å². The van der Waals surface area contributed by atoms with Crippen LogP contribution in [-0.4, -0.2) is 17.3 Å². The molecular weight excluding hydrogens is 136 g/mol. The van der Waals surface area contributed by atoms with Gasteiger partial charge in [0.1, 0.15) is 5.84 Å². The monoisotopic (exact) mass is 150 g/mol. The Bertz CT molecular complexity index is 180. The summed E-state index contributed by atoms with van der Waals surface area (Å²) in [6.07, 6.45) is 4.88. The summed E-state index contributed by atoms with van der Waals surface area (Å²) in [6, 6.07) is 0. The largest absolute Gasteiger partial charge is 0.334 e. The Labute approximate surface area is 68.2 Å². The van der Waals surface area contributed by atoms with Crippen molar-refractivity contribution in [2.75, 3.05) is 6.54 Å². The molecule has 0 saturated carbocycles. The van der Waals surface area contributed by atoms with E-state index in [0.717, 1.165) is 12.4 Å². The van der Waals surface area contributed by atoms with Crippen LogP contribution in [0.5, 0.6) is 0 Å². The van der Waals surface area contributed by atoms with Crippen molar-refractivity contribution in [2.24, 2.45) is 4.99 Å². The van der Waals surface area contributed by atoms with Crippen molar-refractivity contribution in [3.05, 3.63) is 38.2 Å². The van der Waals surface area contributed by atoms with Gasteiger partial charge in [0.05, 0.1) is 0 Å². The molecule has 0 aromatic rings. The molecule has 0 heterocycles. The van der Waals surface area contributed by atoms with E-state index in [1.807, 2.05) is 11.8 Å². The van der Waals surface area contributed by atoms with Gasteiger partial charge in [-0.2, -0.15) is 0 Å². The molecule has 0 fully saturated rings. The van der Waals surface area contributed by atoms with Crippen molar-refractivity contribution in [3.8, 4) is 0 Å². The van der Waals surface area contributed by atoms with Gasteiger partial charge in [0.2, 0.25) is 0 Å². The Balaban J connectivity index is 4.44. The van der Waals surface area contributed by atoms with Crippen LogP contribution < -0.4 is 0 Å². The summed E-state index contributed by atoms with van der Waals surface area (Å²) in [7, 11) is 0. The van der Waals surface area contributed by atoms with Crippen LogP contribution in [0, 0.1) is 0 Å². The molecule has 0 N–H and O–H groups in total. The highest BCUT2D eigenvalue weighted by Gasteiger charge is 1.98. The fraction of sp³-hybridized carbons (Fsp3) is 0.222. The third kappa shape index (κ3) is 2.85. The van der Waals surface area contributed by atoms with Gasteiger partial charge in [0.15, 0.2) is 0 Å². The van der Waals surface area contributed by atoms with E-state index in [4.69, 9.17) is 0 Å². The van der Waals surface area contributed by atoms with E-state index in [9.17, 15) is 0 Å². The maximum absolute atomic E-state index is 4.00. The van der Waals surface area contributed by atoms with E-state index < -0.39 is 0 Å². The van der Waals surface area contributed by atoms with Gasteiger partial charge in [0, 0.05) is 12.7 Å². The molecule has 0 radical (unpaired) electrons. The van der Waals surface area contributed by atoms with Gasteiger partial charge in [-0.1, -0.05) is 19.7 Å². The highest BCUT2D eigenvalue weighted by Crippen LogP contribution is 1.93. The third-order valence-corrected chi connectivity index (χ3v) is 1.26. The molecule has 0 aromatic carbocycles. The molecule has 0 unspecified atom stereocenters.